The molecule has 4 rings (SSSR count). The number of aromatic nitrogens is 3. The SMILES string of the molecule is CC(C)(O)c1cnnn1C1CC(C(=O)NC2(C(=O)C(N)=O)CCOCC2)N(C(=O)[C@H](N)CC2CCCCC2)C1. The van der Waals surface area contributed by atoms with Gasteiger partial charge in [-0.1, -0.05) is 37.3 Å². The molecule has 0 spiro atoms. The van der Waals surface area contributed by atoms with Crippen molar-refractivity contribution in [3.8, 4) is 0 Å². The van der Waals surface area contributed by atoms with Crippen molar-refractivity contribution in [2.45, 2.75) is 101 Å². The molecule has 3 atom stereocenters. The molecule has 3 amide bonds. The third-order valence-electron chi connectivity index (χ3n) is 8.41. The smallest absolute Gasteiger partial charge is 0.287 e. The van der Waals surface area contributed by atoms with Crippen molar-refractivity contribution in [2.75, 3.05) is 19.8 Å². The van der Waals surface area contributed by atoms with Gasteiger partial charge in [-0.05, 0) is 26.2 Å². The van der Waals surface area contributed by atoms with Gasteiger partial charge in [0.2, 0.25) is 17.6 Å². The molecule has 2 unspecified atom stereocenters. The van der Waals surface area contributed by atoms with Crippen LogP contribution in [0, 0.1) is 5.92 Å². The van der Waals surface area contributed by atoms with E-state index in [9.17, 15) is 24.3 Å². The van der Waals surface area contributed by atoms with Crippen LogP contribution in [0.3, 0.4) is 0 Å². The van der Waals surface area contributed by atoms with Crippen LogP contribution in [0.5, 0.6) is 0 Å². The molecule has 1 saturated carbocycles. The summed E-state index contributed by atoms with van der Waals surface area (Å²) in [6.45, 7) is 3.69. The third-order valence-corrected chi connectivity index (χ3v) is 8.41. The van der Waals surface area contributed by atoms with E-state index in [2.05, 4.69) is 15.6 Å². The number of ketones is 1. The quantitative estimate of drug-likeness (QED) is 0.299. The number of hydrogen-bond donors (Lipinski definition) is 4. The number of nitrogens with two attached hydrogens (primary N) is 2. The summed E-state index contributed by atoms with van der Waals surface area (Å²) >= 11 is 0. The first-order valence-corrected chi connectivity index (χ1v) is 13.9. The lowest BCUT2D eigenvalue weighted by Crippen LogP contribution is -2.63. The number of nitrogens with zero attached hydrogens (tertiary/aromatic N) is 4. The Hall–Kier alpha value is -2.90. The molecule has 1 aliphatic carbocycles. The Morgan fingerprint density at radius 1 is 1.21 bits per heavy atom. The van der Waals surface area contributed by atoms with Crippen molar-refractivity contribution in [2.24, 2.45) is 17.4 Å². The molecule has 1 aromatic rings. The molecular weight excluding hydrogens is 506 g/mol. The highest BCUT2D eigenvalue weighted by Crippen LogP contribution is 2.34. The molecule has 2 aliphatic heterocycles. The van der Waals surface area contributed by atoms with Crippen LogP contribution >= 0.6 is 0 Å². The summed E-state index contributed by atoms with van der Waals surface area (Å²) in [4.78, 5) is 53.6. The first-order chi connectivity index (χ1) is 18.4. The number of hydrogen-bond acceptors (Lipinski definition) is 9. The highest BCUT2D eigenvalue weighted by molar-refractivity contribution is 6.39. The van der Waals surface area contributed by atoms with E-state index in [4.69, 9.17) is 16.2 Å². The number of amides is 3. The molecule has 3 aliphatic rings. The summed E-state index contributed by atoms with van der Waals surface area (Å²) in [6.07, 6.45) is 7.83. The zero-order valence-electron chi connectivity index (χ0n) is 22.8. The average molecular weight is 548 g/mol. The van der Waals surface area contributed by atoms with Gasteiger partial charge in [-0.25, -0.2) is 4.68 Å². The molecule has 13 heteroatoms. The van der Waals surface area contributed by atoms with Gasteiger partial charge < -0.3 is 31.5 Å². The fourth-order valence-electron chi connectivity index (χ4n) is 6.21. The van der Waals surface area contributed by atoms with E-state index >= 15 is 0 Å². The monoisotopic (exact) mass is 547 g/mol. The summed E-state index contributed by atoms with van der Waals surface area (Å²) in [5.41, 5.74) is 9.44. The molecule has 13 nitrogen and oxygen atoms in total. The van der Waals surface area contributed by atoms with Crippen LogP contribution in [0.2, 0.25) is 0 Å². The molecule has 39 heavy (non-hydrogen) atoms. The zero-order valence-corrected chi connectivity index (χ0v) is 22.8. The first kappa shape index (κ1) is 29.1. The Kier molecular flexibility index (Phi) is 8.72. The molecule has 6 N–H and O–H groups in total. The highest BCUT2D eigenvalue weighted by atomic mass is 16.5. The number of likely N-dealkylation sites (tertiary alicyclic amines) is 1. The highest BCUT2D eigenvalue weighted by Gasteiger charge is 2.49. The lowest BCUT2D eigenvalue weighted by Gasteiger charge is -2.37. The Labute approximate surface area is 228 Å². The second-order valence-corrected chi connectivity index (χ2v) is 11.7. The number of Topliss-reactive ketones (excluding diaryl/α,β-unsaturated/α-hetero) is 1. The average Bonchev–Trinajstić information content (AvgIpc) is 3.56. The number of rotatable bonds is 9. The van der Waals surface area contributed by atoms with E-state index in [1.54, 1.807) is 18.5 Å². The summed E-state index contributed by atoms with van der Waals surface area (Å²) in [7, 11) is 0. The van der Waals surface area contributed by atoms with Crippen LogP contribution in [0.25, 0.3) is 0 Å². The van der Waals surface area contributed by atoms with Gasteiger partial charge in [-0.3, -0.25) is 19.2 Å². The molecule has 3 heterocycles. The van der Waals surface area contributed by atoms with E-state index in [0.29, 0.717) is 18.0 Å². The van der Waals surface area contributed by atoms with Gasteiger partial charge in [-0.2, -0.15) is 0 Å². The van der Waals surface area contributed by atoms with Crippen molar-refractivity contribution in [3.63, 3.8) is 0 Å². The normalized spacial score (nSPS) is 24.8. The van der Waals surface area contributed by atoms with Crippen molar-refractivity contribution in [3.05, 3.63) is 11.9 Å². The fraction of sp³-hybridized carbons (Fsp3) is 0.769. The standard InChI is InChI=1S/C26H41N7O6/c1-25(2,38)20-14-29-31-33(20)17-13-19(23(36)30-26(21(34)22(28)35)8-10-39-11-9-26)32(15-17)24(37)18(27)12-16-6-4-3-5-7-16/h14,16-19,38H,3-13,15,27H2,1-2H3,(H2,28,35)(H,30,36)/t17?,18-,19?/m1/s1. The number of nitrogens with one attached hydrogen (secondary N) is 1. The lowest BCUT2D eigenvalue weighted by molar-refractivity contribution is -0.147. The molecule has 0 radical (unpaired) electrons. The molecule has 216 valence electrons. The molecule has 2 saturated heterocycles. The molecular formula is C26H41N7O6. The van der Waals surface area contributed by atoms with Crippen LogP contribution < -0.4 is 16.8 Å². The van der Waals surface area contributed by atoms with Gasteiger partial charge >= 0.3 is 0 Å². The number of ether oxygens (including phenoxy) is 1. The second-order valence-electron chi connectivity index (χ2n) is 11.7. The maximum atomic E-state index is 13.8. The number of carbonyl (C=O) groups is 4. The molecule has 1 aromatic heterocycles. The number of aliphatic hydroxyl groups is 1. The maximum absolute atomic E-state index is 13.8. The Morgan fingerprint density at radius 2 is 1.87 bits per heavy atom. The van der Waals surface area contributed by atoms with Gasteiger partial charge in [-0.15, -0.1) is 5.10 Å². The summed E-state index contributed by atoms with van der Waals surface area (Å²) in [5.74, 6) is -2.59. The number of primary amides is 1. The van der Waals surface area contributed by atoms with Crippen molar-refractivity contribution in [1.29, 1.82) is 0 Å². The summed E-state index contributed by atoms with van der Waals surface area (Å²) < 4.78 is 6.90. The van der Waals surface area contributed by atoms with E-state index in [-0.39, 0.29) is 44.9 Å². The zero-order chi connectivity index (χ0) is 28.4. The van der Waals surface area contributed by atoms with E-state index in [0.717, 1.165) is 25.7 Å². The van der Waals surface area contributed by atoms with Gasteiger partial charge in [0.1, 0.15) is 17.2 Å². The van der Waals surface area contributed by atoms with Crippen LogP contribution in [-0.2, 0) is 29.5 Å². The van der Waals surface area contributed by atoms with Crippen LogP contribution in [0.1, 0.15) is 83.4 Å². The van der Waals surface area contributed by atoms with E-state index < -0.39 is 46.9 Å². The van der Waals surface area contributed by atoms with Gasteiger partial charge in [0.05, 0.1) is 24.0 Å². The summed E-state index contributed by atoms with van der Waals surface area (Å²) in [6, 6.07) is -2.22. The minimum absolute atomic E-state index is 0.0950. The largest absolute Gasteiger partial charge is 0.384 e. The van der Waals surface area contributed by atoms with Gasteiger partial charge in [0.25, 0.3) is 5.91 Å². The molecule has 3 fully saturated rings. The van der Waals surface area contributed by atoms with Crippen molar-refractivity contribution in [1.82, 2.24) is 25.2 Å². The van der Waals surface area contributed by atoms with Gasteiger partial charge in [0, 0.05) is 39.0 Å². The topological polar surface area (TPSA) is 196 Å². The predicted octanol–water partition coefficient (Wildman–Crippen LogP) is -0.335. The lowest BCUT2D eigenvalue weighted by atomic mass is 9.84. The van der Waals surface area contributed by atoms with Crippen LogP contribution in [0.15, 0.2) is 6.20 Å². The Balaban J connectivity index is 1.60. The Morgan fingerprint density at radius 3 is 2.49 bits per heavy atom. The predicted molar refractivity (Wildman–Crippen MR) is 139 cm³/mol. The Bertz CT molecular complexity index is 1070. The minimum Gasteiger partial charge on any atom is -0.384 e. The molecule has 0 bridgehead atoms. The third kappa shape index (κ3) is 6.30. The van der Waals surface area contributed by atoms with E-state index in [1.165, 1.54) is 17.5 Å². The van der Waals surface area contributed by atoms with Crippen molar-refractivity contribution >= 4 is 23.5 Å². The fourth-order valence-corrected chi connectivity index (χ4v) is 6.21. The van der Waals surface area contributed by atoms with E-state index in [1.807, 2.05) is 0 Å². The summed E-state index contributed by atoms with van der Waals surface area (Å²) in [5, 5.41) is 21.5. The second kappa shape index (κ2) is 11.7. The first-order valence-electron chi connectivity index (χ1n) is 13.9. The number of carbonyl (C=O) groups excluding carboxylic acids is 4. The minimum atomic E-state index is -1.50. The van der Waals surface area contributed by atoms with Crippen LogP contribution in [-0.4, -0.2) is 85.9 Å². The van der Waals surface area contributed by atoms with Crippen molar-refractivity contribution < 1.29 is 29.0 Å². The maximum Gasteiger partial charge on any atom is 0.287 e. The van der Waals surface area contributed by atoms with Crippen LogP contribution in [0.4, 0.5) is 0 Å². The van der Waals surface area contributed by atoms with Gasteiger partial charge in [0.15, 0.2) is 0 Å². The molecule has 0 aromatic carbocycles.